The molecule has 0 fully saturated rings. The first kappa shape index (κ1) is 10.4. The van der Waals surface area contributed by atoms with Crippen LogP contribution in [-0.2, 0) is 0 Å². The molecule has 0 saturated carbocycles. The largest absolute Gasteiger partial charge is 0.326 e. The van der Waals surface area contributed by atoms with E-state index in [1.165, 1.54) is 6.07 Å². The summed E-state index contributed by atoms with van der Waals surface area (Å²) in [5, 5.41) is -0.138. The van der Waals surface area contributed by atoms with Crippen molar-refractivity contribution in [3.8, 4) is 0 Å². The standard InChI is InChI=1S/C8H7Cl2FN2/c1-4(3-12)5-2-6(11)8(10)13-7(5)9/h2H,1,3,12H2. The maximum Gasteiger partial charge on any atom is 0.166 e. The zero-order valence-electron chi connectivity index (χ0n) is 6.65. The van der Waals surface area contributed by atoms with Gasteiger partial charge in [0.2, 0.25) is 0 Å². The van der Waals surface area contributed by atoms with Gasteiger partial charge in [0, 0.05) is 12.1 Å². The highest BCUT2D eigenvalue weighted by molar-refractivity contribution is 6.33. The Labute approximate surface area is 85.2 Å². The average Bonchev–Trinajstić information content (AvgIpc) is 2.10. The van der Waals surface area contributed by atoms with Crippen molar-refractivity contribution >= 4 is 28.8 Å². The van der Waals surface area contributed by atoms with Crippen molar-refractivity contribution in [1.82, 2.24) is 4.98 Å². The van der Waals surface area contributed by atoms with Gasteiger partial charge in [-0.3, -0.25) is 0 Å². The molecule has 0 saturated heterocycles. The summed E-state index contributed by atoms with van der Waals surface area (Å²) in [4.78, 5) is 3.58. The molecule has 0 atom stereocenters. The minimum absolute atomic E-state index is 0.113. The molecule has 1 heterocycles. The molecule has 0 aromatic carbocycles. The molecule has 2 N–H and O–H groups in total. The summed E-state index contributed by atoms with van der Waals surface area (Å²) in [7, 11) is 0. The summed E-state index contributed by atoms with van der Waals surface area (Å²) in [5.74, 6) is -0.629. The topological polar surface area (TPSA) is 38.9 Å². The molecule has 0 spiro atoms. The fourth-order valence-corrected chi connectivity index (χ4v) is 1.26. The third-order valence-corrected chi connectivity index (χ3v) is 2.07. The highest BCUT2D eigenvalue weighted by Gasteiger charge is 2.10. The lowest BCUT2D eigenvalue weighted by Gasteiger charge is -2.05. The summed E-state index contributed by atoms with van der Waals surface area (Å²) >= 11 is 11.1. The number of hydrogen-bond donors (Lipinski definition) is 1. The quantitative estimate of drug-likeness (QED) is 0.779. The van der Waals surface area contributed by atoms with Crippen LogP contribution in [0.15, 0.2) is 12.6 Å². The second-order valence-corrected chi connectivity index (χ2v) is 3.12. The van der Waals surface area contributed by atoms with Gasteiger partial charge in [0.05, 0.1) is 0 Å². The van der Waals surface area contributed by atoms with Crippen molar-refractivity contribution in [2.45, 2.75) is 0 Å². The molecule has 0 unspecified atom stereocenters. The molecule has 70 valence electrons. The van der Waals surface area contributed by atoms with Crippen molar-refractivity contribution in [3.63, 3.8) is 0 Å². The molecule has 0 aliphatic carbocycles. The summed E-state index contributed by atoms with van der Waals surface area (Å²) in [6, 6.07) is 1.17. The van der Waals surface area contributed by atoms with Gasteiger partial charge in [0.1, 0.15) is 5.15 Å². The molecule has 0 amide bonds. The van der Waals surface area contributed by atoms with Crippen LogP contribution in [0, 0.1) is 5.82 Å². The predicted octanol–water partition coefficient (Wildman–Crippen LogP) is 2.50. The Balaban J connectivity index is 3.23. The van der Waals surface area contributed by atoms with Gasteiger partial charge in [-0.25, -0.2) is 9.37 Å². The highest BCUT2D eigenvalue weighted by atomic mass is 35.5. The zero-order valence-corrected chi connectivity index (χ0v) is 8.16. The summed E-state index contributed by atoms with van der Waals surface area (Å²) in [6.07, 6.45) is 0. The second kappa shape index (κ2) is 4.05. The molecule has 1 aromatic heterocycles. The van der Waals surface area contributed by atoms with Crippen LogP contribution in [0.1, 0.15) is 5.56 Å². The Morgan fingerprint density at radius 3 is 2.69 bits per heavy atom. The van der Waals surface area contributed by atoms with Crippen molar-refractivity contribution in [3.05, 3.63) is 34.3 Å². The molecule has 0 radical (unpaired) electrons. The molecular weight excluding hydrogens is 214 g/mol. The third kappa shape index (κ3) is 2.18. The molecule has 13 heavy (non-hydrogen) atoms. The average molecular weight is 221 g/mol. The maximum atomic E-state index is 12.9. The Kier molecular flexibility index (Phi) is 3.25. The van der Waals surface area contributed by atoms with Crippen LogP contribution < -0.4 is 5.73 Å². The van der Waals surface area contributed by atoms with E-state index in [-0.39, 0.29) is 16.9 Å². The first-order valence-corrected chi connectivity index (χ1v) is 4.21. The minimum atomic E-state index is -0.629. The van der Waals surface area contributed by atoms with Crippen molar-refractivity contribution in [2.75, 3.05) is 6.54 Å². The number of halogens is 3. The van der Waals surface area contributed by atoms with Crippen LogP contribution in [0.5, 0.6) is 0 Å². The van der Waals surface area contributed by atoms with E-state index in [4.69, 9.17) is 28.9 Å². The van der Waals surface area contributed by atoms with Crippen LogP contribution in [0.2, 0.25) is 10.3 Å². The van der Waals surface area contributed by atoms with Crippen molar-refractivity contribution in [1.29, 1.82) is 0 Å². The van der Waals surface area contributed by atoms with E-state index in [2.05, 4.69) is 11.6 Å². The summed E-state index contributed by atoms with van der Waals surface area (Å²) in [6.45, 7) is 3.81. The van der Waals surface area contributed by atoms with E-state index in [1.807, 2.05) is 0 Å². The maximum absolute atomic E-state index is 12.9. The number of nitrogens with zero attached hydrogens (tertiary/aromatic N) is 1. The first-order valence-electron chi connectivity index (χ1n) is 3.46. The van der Waals surface area contributed by atoms with Gasteiger partial charge < -0.3 is 5.73 Å². The lowest BCUT2D eigenvalue weighted by molar-refractivity contribution is 0.621. The number of rotatable bonds is 2. The SMILES string of the molecule is C=C(CN)c1cc(F)c(Cl)nc1Cl. The summed E-state index contributed by atoms with van der Waals surface area (Å²) < 4.78 is 12.9. The van der Waals surface area contributed by atoms with Gasteiger partial charge in [0.25, 0.3) is 0 Å². The fourth-order valence-electron chi connectivity index (χ4n) is 0.804. The van der Waals surface area contributed by atoms with Crippen LogP contribution in [0.25, 0.3) is 5.57 Å². The van der Waals surface area contributed by atoms with E-state index in [0.717, 1.165) is 0 Å². The lowest BCUT2D eigenvalue weighted by atomic mass is 10.1. The van der Waals surface area contributed by atoms with Crippen LogP contribution >= 0.6 is 23.2 Å². The van der Waals surface area contributed by atoms with Gasteiger partial charge in [0.15, 0.2) is 11.0 Å². The molecule has 0 aliphatic heterocycles. The van der Waals surface area contributed by atoms with Gasteiger partial charge in [-0.1, -0.05) is 29.8 Å². The number of aromatic nitrogens is 1. The van der Waals surface area contributed by atoms with Crippen molar-refractivity contribution < 1.29 is 4.39 Å². The molecule has 1 rings (SSSR count). The fraction of sp³-hybridized carbons (Fsp3) is 0.125. The molecule has 0 aliphatic rings. The number of nitrogens with two attached hydrogens (primary N) is 1. The van der Waals surface area contributed by atoms with Crippen LogP contribution in [-0.4, -0.2) is 11.5 Å². The first-order chi connectivity index (χ1) is 6.06. The summed E-state index contributed by atoms with van der Waals surface area (Å²) in [5.41, 5.74) is 6.24. The predicted molar refractivity (Wildman–Crippen MR) is 52.3 cm³/mol. The van der Waals surface area contributed by atoms with E-state index >= 15 is 0 Å². The molecule has 1 aromatic rings. The zero-order chi connectivity index (χ0) is 10.0. The highest BCUT2D eigenvalue weighted by Crippen LogP contribution is 2.24. The monoisotopic (exact) mass is 220 g/mol. The van der Waals surface area contributed by atoms with Gasteiger partial charge in [-0.05, 0) is 11.6 Å². The Hall–Kier alpha value is -0.640. The van der Waals surface area contributed by atoms with Gasteiger partial charge >= 0.3 is 0 Å². The lowest BCUT2D eigenvalue weighted by Crippen LogP contribution is -2.03. The Morgan fingerprint density at radius 2 is 2.15 bits per heavy atom. The second-order valence-electron chi connectivity index (χ2n) is 2.41. The van der Waals surface area contributed by atoms with E-state index in [9.17, 15) is 4.39 Å². The Morgan fingerprint density at radius 1 is 1.54 bits per heavy atom. The van der Waals surface area contributed by atoms with E-state index < -0.39 is 5.82 Å². The molecule has 5 heteroatoms. The van der Waals surface area contributed by atoms with Gasteiger partial charge in [-0.15, -0.1) is 0 Å². The van der Waals surface area contributed by atoms with Crippen LogP contribution in [0.4, 0.5) is 4.39 Å². The van der Waals surface area contributed by atoms with E-state index in [0.29, 0.717) is 11.1 Å². The minimum Gasteiger partial charge on any atom is -0.326 e. The van der Waals surface area contributed by atoms with Crippen LogP contribution in [0.3, 0.4) is 0 Å². The molecular formula is C8H7Cl2FN2. The molecule has 2 nitrogen and oxygen atoms in total. The Bertz CT molecular complexity index is 352. The van der Waals surface area contributed by atoms with Crippen molar-refractivity contribution in [2.24, 2.45) is 5.73 Å². The number of pyridine rings is 1. The third-order valence-electron chi connectivity index (χ3n) is 1.51. The normalized spacial score (nSPS) is 10.2. The molecule has 0 bridgehead atoms. The van der Waals surface area contributed by atoms with Gasteiger partial charge in [-0.2, -0.15) is 0 Å². The smallest absolute Gasteiger partial charge is 0.166 e. The number of hydrogen-bond acceptors (Lipinski definition) is 2. The van der Waals surface area contributed by atoms with E-state index in [1.54, 1.807) is 0 Å².